The van der Waals surface area contributed by atoms with Crippen LogP contribution in [0.2, 0.25) is 5.02 Å². The first-order valence-electron chi connectivity index (χ1n) is 8.69. The van der Waals surface area contributed by atoms with E-state index in [2.05, 4.69) is 4.72 Å². The molecule has 0 aliphatic carbocycles. The van der Waals surface area contributed by atoms with Gasteiger partial charge >= 0.3 is 0 Å². The predicted molar refractivity (Wildman–Crippen MR) is 105 cm³/mol. The Balaban J connectivity index is 1.91. The summed E-state index contributed by atoms with van der Waals surface area (Å²) in [7, 11) is -4.25. The lowest BCUT2D eigenvalue weighted by molar-refractivity contribution is -0.0585. The molecule has 2 aromatic rings. The van der Waals surface area contributed by atoms with E-state index >= 15 is 0 Å². The summed E-state index contributed by atoms with van der Waals surface area (Å²) in [6, 6.07) is 9.51. The molecule has 0 spiro atoms. The minimum absolute atomic E-state index is 0.0775. The summed E-state index contributed by atoms with van der Waals surface area (Å²) in [5.41, 5.74) is 0.260. The summed E-state index contributed by atoms with van der Waals surface area (Å²) < 4.78 is 47.3. The first kappa shape index (κ1) is 20.6. The van der Waals surface area contributed by atoms with Gasteiger partial charge < -0.3 is 9.64 Å². The minimum atomic E-state index is -4.25. The number of carbonyl (C=O) groups is 1. The van der Waals surface area contributed by atoms with Gasteiger partial charge in [0, 0.05) is 18.1 Å². The number of hydrogen-bond donors (Lipinski definition) is 1. The molecule has 1 saturated heterocycles. The fourth-order valence-electron chi connectivity index (χ4n) is 3.17. The SMILES string of the molecule is CC1CN(C(=O)c2ccccc2NS(=O)(=O)c2ccc(Cl)cc2F)CC(C)O1. The number of nitrogens with one attached hydrogen (secondary N) is 1. The van der Waals surface area contributed by atoms with Crippen molar-refractivity contribution in [2.24, 2.45) is 0 Å². The zero-order chi connectivity index (χ0) is 20.5. The van der Waals surface area contributed by atoms with E-state index in [1.54, 1.807) is 17.0 Å². The molecule has 2 aromatic carbocycles. The summed E-state index contributed by atoms with van der Waals surface area (Å²) in [6.45, 7) is 4.54. The number of carbonyl (C=O) groups excluding carboxylic acids is 1. The highest BCUT2D eigenvalue weighted by Gasteiger charge is 2.29. The van der Waals surface area contributed by atoms with Crippen molar-refractivity contribution in [3.63, 3.8) is 0 Å². The van der Waals surface area contributed by atoms with Gasteiger partial charge in [0.05, 0.1) is 23.5 Å². The summed E-state index contributed by atoms with van der Waals surface area (Å²) >= 11 is 5.69. The van der Waals surface area contributed by atoms with Crippen LogP contribution in [0.4, 0.5) is 10.1 Å². The van der Waals surface area contributed by atoms with E-state index in [4.69, 9.17) is 16.3 Å². The second kappa shape index (κ2) is 8.06. The van der Waals surface area contributed by atoms with Crippen LogP contribution in [0.25, 0.3) is 0 Å². The van der Waals surface area contributed by atoms with E-state index in [-0.39, 0.29) is 34.4 Å². The number of para-hydroxylation sites is 1. The number of ether oxygens (including phenoxy) is 1. The fraction of sp³-hybridized carbons (Fsp3) is 0.316. The van der Waals surface area contributed by atoms with Gasteiger partial charge in [0.2, 0.25) is 0 Å². The number of sulfonamides is 1. The second-order valence-electron chi connectivity index (χ2n) is 6.69. The van der Waals surface area contributed by atoms with Gasteiger partial charge in [-0.05, 0) is 44.2 Å². The van der Waals surface area contributed by atoms with Crippen LogP contribution in [0.1, 0.15) is 24.2 Å². The molecule has 1 aliphatic heterocycles. The summed E-state index contributed by atoms with van der Waals surface area (Å²) in [6.07, 6.45) is -0.251. The Labute approximate surface area is 168 Å². The minimum Gasteiger partial charge on any atom is -0.372 e. The van der Waals surface area contributed by atoms with Gasteiger partial charge in [-0.15, -0.1) is 0 Å². The molecule has 28 heavy (non-hydrogen) atoms. The van der Waals surface area contributed by atoms with Crippen molar-refractivity contribution in [3.8, 4) is 0 Å². The lowest BCUT2D eigenvalue weighted by Gasteiger charge is -2.35. The van der Waals surface area contributed by atoms with Crippen molar-refractivity contribution < 1.29 is 22.3 Å². The summed E-state index contributed by atoms with van der Waals surface area (Å²) in [4.78, 5) is 14.1. The molecule has 6 nitrogen and oxygen atoms in total. The van der Waals surface area contributed by atoms with E-state index in [0.717, 1.165) is 12.1 Å². The van der Waals surface area contributed by atoms with Gasteiger partial charge in [-0.2, -0.15) is 0 Å². The van der Waals surface area contributed by atoms with Gasteiger partial charge in [-0.25, -0.2) is 12.8 Å². The van der Waals surface area contributed by atoms with Crippen molar-refractivity contribution in [3.05, 3.63) is 58.9 Å². The Bertz CT molecular complexity index is 989. The molecule has 1 amide bonds. The summed E-state index contributed by atoms with van der Waals surface area (Å²) in [5.74, 6) is -1.29. The standard InChI is InChI=1S/C19H20ClFN2O4S/c1-12-10-23(11-13(2)27-12)19(24)15-5-3-4-6-17(15)22-28(25,26)18-8-7-14(20)9-16(18)21/h3-9,12-13,22H,10-11H2,1-2H3. The lowest BCUT2D eigenvalue weighted by Crippen LogP contribution is -2.48. The fourth-order valence-corrected chi connectivity index (χ4v) is 4.46. The number of morpholine rings is 1. The molecule has 0 aromatic heterocycles. The van der Waals surface area contributed by atoms with Crippen molar-refractivity contribution in [1.82, 2.24) is 4.90 Å². The zero-order valence-corrected chi connectivity index (χ0v) is 16.9. The second-order valence-corrected chi connectivity index (χ2v) is 8.78. The van der Waals surface area contributed by atoms with Crippen LogP contribution in [-0.2, 0) is 14.8 Å². The molecule has 0 saturated carbocycles. The van der Waals surface area contributed by atoms with Gasteiger partial charge in [0.15, 0.2) is 0 Å². The third-order valence-corrected chi connectivity index (χ3v) is 5.93. The normalized spacial score (nSPS) is 20.1. The zero-order valence-electron chi connectivity index (χ0n) is 15.4. The lowest BCUT2D eigenvalue weighted by atomic mass is 10.1. The maximum absolute atomic E-state index is 14.1. The third-order valence-electron chi connectivity index (χ3n) is 4.29. The first-order chi connectivity index (χ1) is 13.2. The van der Waals surface area contributed by atoms with Crippen LogP contribution in [0, 0.1) is 5.82 Å². The van der Waals surface area contributed by atoms with Gasteiger partial charge in [-0.3, -0.25) is 9.52 Å². The highest BCUT2D eigenvalue weighted by molar-refractivity contribution is 7.92. The van der Waals surface area contributed by atoms with E-state index in [1.165, 1.54) is 18.2 Å². The molecule has 1 aliphatic rings. The van der Waals surface area contributed by atoms with Crippen LogP contribution in [-0.4, -0.2) is 44.5 Å². The molecule has 1 fully saturated rings. The van der Waals surface area contributed by atoms with Crippen LogP contribution in [0.3, 0.4) is 0 Å². The number of benzene rings is 2. The van der Waals surface area contributed by atoms with Crippen molar-refractivity contribution in [2.75, 3.05) is 17.8 Å². The largest absolute Gasteiger partial charge is 0.372 e. The smallest absolute Gasteiger partial charge is 0.264 e. The molecule has 2 unspecified atom stereocenters. The van der Waals surface area contributed by atoms with Crippen molar-refractivity contribution in [1.29, 1.82) is 0 Å². The van der Waals surface area contributed by atoms with E-state index in [0.29, 0.717) is 13.1 Å². The number of amides is 1. The van der Waals surface area contributed by atoms with E-state index in [9.17, 15) is 17.6 Å². The average molecular weight is 427 g/mol. The van der Waals surface area contributed by atoms with Crippen LogP contribution >= 0.6 is 11.6 Å². The van der Waals surface area contributed by atoms with E-state index in [1.807, 2.05) is 13.8 Å². The number of anilines is 1. The van der Waals surface area contributed by atoms with Gasteiger partial charge in [-0.1, -0.05) is 23.7 Å². The Morgan fingerprint density at radius 1 is 1.18 bits per heavy atom. The Morgan fingerprint density at radius 2 is 1.82 bits per heavy atom. The van der Waals surface area contributed by atoms with E-state index < -0.39 is 20.7 Å². The average Bonchev–Trinajstić information content (AvgIpc) is 2.60. The predicted octanol–water partition coefficient (Wildman–Crippen LogP) is 3.53. The number of rotatable bonds is 4. The van der Waals surface area contributed by atoms with Gasteiger partial charge in [0.1, 0.15) is 10.7 Å². The Hall–Kier alpha value is -2.16. The first-order valence-corrected chi connectivity index (χ1v) is 10.5. The molecule has 3 rings (SSSR count). The van der Waals surface area contributed by atoms with Crippen LogP contribution < -0.4 is 4.72 Å². The maximum Gasteiger partial charge on any atom is 0.264 e. The van der Waals surface area contributed by atoms with Crippen LogP contribution in [0.15, 0.2) is 47.4 Å². The number of halogens is 2. The van der Waals surface area contributed by atoms with Gasteiger partial charge in [0.25, 0.3) is 15.9 Å². The summed E-state index contributed by atoms with van der Waals surface area (Å²) in [5, 5.41) is 0.0857. The number of hydrogen-bond acceptors (Lipinski definition) is 4. The molecule has 1 heterocycles. The molecule has 2 atom stereocenters. The molecule has 150 valence electrons. The van der Waals surface area contributed by atoms with Crippen molar-refractivity contribution >= 4 is 33.2 Å². The Kier molecular flexibility index (Phi) is 5.92. The monoisotopic (exact) mass is 426 g/mol. The molecular formula is C19H20ClFN2O4S. The number of nitrogens with zero attached hydrogens (tertiary/aromatic N) is 1. The maximum atomic E-state index is 14.1. The highest BCUT2D eigenvalue weighted by Crippen LogP contribution is 2.25. The molecule has 9 heteroatoms. The molecule has 1 N–H and O–H groups in total. The molecule has 0 bridgehead atoms. The third kappa shape index (κ3) is 4.45. The highest BCUT2D eigenvalue weighted by atomic mass is 35.5. The molecule has 0 radical (unpaired) electrons. The van der Waals surface area contributed by atoms with Crippen molar-refractivity contribution in [2.45, 2.75) is 31.0 Å². The topological polar surface area (TPSA) is 75.7 Å². The molecular weight excluding hydrogens is 407 g/mol. The quantitative estimate of drug-likeness (QED) is 0.811. The van der Waals surface area contributed by atoms with Crippen LogP contribution in [0.5, 0.6) is 0 Å². The Morgan fingerprint density at radius 3 is 2.46 bits per heavy atom.